The summed E-state index contributed by atoms with van der Waals surface area (Å²) in [6, 6.07) is 9.35. The highest BCUT2D eigenvalue weighted by atomic mass is 16.5. The van der Waals surface area contributed by atoms with Gasteiger partial charge in [-0.1, -0.05) is 32.0 Å². The fourth-order valence-corrected chi connectivity index (χ4v) is 3.11. The molecule has 0 radical (unpaired) electrons. The van der Waals surface area contributed by atoms with Crippen LogP contribution in [0.1, 0.15) is 19.4 Å². The molecular weight excluding hydrogens is 264 g/mol. The molecule has 3 rings (SSSR count). The normalized spacial score (nSPS) is 25.9. The summed E-state index contributed by atoms with van der Waals surface area (Å²) >= 11 is 0. The summed E-state index contributed by atoms with van der Waals surface area (Å²) < 4.78 is 11.7. The number of morpholine rings is 1. The van der Waals surface area contributed by atoms with E-state index in [1.54, 1.807) is 0 Å². The van der Waals surface area contributed by atoms with Gasteiger partial charge in [-0.05, 0) is 11.6 Å². The van der Waals surface area contributed by atoms with E-state index >= 15 is 0 Å². The van der Waals surface area contributed by atoms with Crippen molar-refractivity contribution in [3.05, 3.63) is 29.8 Å². The molecule has 2 aliphatic rings. The van der Waals surface area contributed by atoms with Crippen LogP contribution in [0.2, 0.25) is 0 Å². The van der Waals surface area contributed by atoms with Crippen LogP contribution in [0.25, 0.3) is 0 Å². The molecule has 2 heterocycles. The zero-order valence-electron chi connectivity index (χ0n) is 13.0. The van der Waals surface area contributed by atoms with Gasteiger partial charge < -0.3 is 14.8 Å². The maximum atomic E-state index is 6.08. The molecule has 21 heavy (non-hydrogen) atoms. The zero-order valence-corrected chi connectivity index (χ0v) is 13.0. The number of fused-ring (bicyclic) bond motifs is 1. The first-order chi connectivity index (χ1) is 10.2. The Balaban J connectivity index is 1.56. The lowest BCUT2D eigenvalue weighted by atomic mass is 10.1. The van der Waals surface area contributed by atoms with Gasteiger partial charge in [-0.3, -0.25) is 4.90 Å². The highest BCUT2D eigenvalue weighted by Gasteiger charge is 2.29. The minimum Gasteiger partial charge on any atom is -0.488 e. The van der Waals surface area contributed by atoms with Gasteiger partial charge >= 0.3 is 0 Å². The molecule has 0 aliphatic carbocycles. The third-order valence-corrected chi connectivity index (χ3v) is 4.26. The van der Waals surface area contributed by atoms with Crippen molar-refractivity contribution in [2.45, 2.75) is 38.5 Å². The summed E-state index contributed by atoms with van der Waals surface area (Å²) in [6.45, 7) is 8.99. The van der Waals surface area contributed by atoms with Gasteiger partial charge in [0.1, 0.15) is 11.9 Å². The van der Waals surface area contributed by atoms with Crippen molar-refractivity contribution in [2.24, 2.45) is 0 Å². The van der Waals surface area contributed by atoms with Crippen LogP contribution in [0.3, 0.4) is 0 Å². The Hall–Kier alpha value is -1.10. The zero-order chi connectivity index (χ0) is 14.7. The predicted molar refractivity (Wildman–Crippen MR) is 83.9 cm³/mol. The second kappa shape index (κ2) is 6.77. The van der Waals surface area contributed by atoms with E-state index in [-0.39, 0.29) is 6.10 Å². The summed E-state index contributed by atoms with van der Waals surface area (Å²) in [4.78, 5) is 2.52. The van der Waals surface area contributed by atoms with Gasteiger partial charge in [0, 0.05) is 38.1 Å². The van der Waals surface area contributed by atoms with Crippen molar-refractivity contribution in [1.29, 1.82) is 0 Å². The lowest BCUT2D eigenvalue weighted by Crippen LogP contribution is -2.53. The van der Waals surface area contributed by atoms with Gasteiger partial charge in [0.25, 0.3) is 0 Å². The number of nitrogens with zero attached hydrogens (tertiary/aromatic N) is 1. The van der Waals surface area contributed by atoms with Gasteiger partial charge in [0.15, 0.2) is 0 Å². The quantitative estimate of drug-likeness (QED) is 0.895. The third kappa shape index (κ3) is 3.76. The average Bonchev–Trinajstić information content (AvgIpc) is 2.88. The van der Waals surface area contributed by atoms with Crippen LogP contribution >= 0.6 is 0 Å². The number of rotatable bonds is 5. The molecule has 1 aromatic rings. The molecule has 1 N–H and O–H groups in total. The SMILES string of the molecule is CC(C)NCC1COCCN1CC1Cc2ccccc2O1. The van der Waals surface area contributed by atoms with E-state index in [9.17, 15) is 0 Å². The van der Waals surface area contributed by atoms with Crippen LogP contribution in [0.4, 0.5) is 0 Å². The molecule has 1 fully saturated rings. The fourth-order valence-electron chi connectivity index (χ4n) is 3.11. The first-order valence-corrected chi connectivity index (χ1v) is 8.02. The van der Waals surface area contributed by atoms with Crippen LogP contribution in [-0.2, 0) is 11.2 Å². The summed E-state index contributed by atoms with van der Waals surface area (Å²) in [5, 5.41) is 3.52. The Kier molecular flexibility index (Phi) is 4.78. The predicted octanol–water partition coefficient (Wildman–Crippen LogP) is 1.69. The molecule has 1 saturated heterocycles. The lowest BCUT2D eigenvalue weighted by molar-refractivity contribution is -0.0204. The second-order valence-corrected chi connectivity index (χ2v) is 6.34. The number of para-hydroxylation sites is 1. The molecule has 116 valence electrons. The Morgan fingerprint density at radius 3 is 3.00 bits per heavy atom. The fraction of sp³-hybridized carbons (Fsp3) is 0.647. The molecule has 0 amide bonds. The highest BCUT2D eigenvalue weighted by molar-refractivity contribution is 5.37. The summed E-state index contributed by atoms with van der Waals surface area (Å²) in [5.41, 5.74) is 1.34. The Bertz CT molecular complexity index is 439. The minimum absolute atomic E-state index is 0.280. The Labute approximate surface area is 127 Å². The average molecular weight is 290 g/mol. The van der Waals surface area contributed by atoms with Gasteiger partial charge in [0.2, 0.25) is 0 Å². The number of hydrogen-bond acceptors (Lipinski definition) is 4. The molecule has 4 heteroatoms. The molecule has 0 saturated carbocycles. The monoisotopic (exact) mass is 290 g/mol. The van der Waals surface area contributed by atoms with Gasteiger partial charge in [0.05, 0.1) is 13.2 Å². The maximum Gasteiger partial charge on any atom is 0.123 e. The van der Waals surface area contributed by atoms with Crippen LogP contribution in [0.15, 0.2) is 24.3 Å². The van der Waals surface area contributed by atoms with E-state index in [2.05, 4.69) is 42.3 Å². The molecule has 2 aliphatic heterocycles. The van der Waals surface area contributed by atoms with Gasteiger partial charge in [-0.2, -0.15) is 0 Å². The van der Waals surface area contributed by atoms with E-state index in [0.717, 1.165) is 45.0 Å². The summed E-state index contributed by atoms with van der Waals surface area (Å²) in [6.07, 6.45) is 1.31. The van der Waals surface area contributed by atoms with E-state index < -0.39 is 0 Å². The van der Waals surface area contributed by atoms with E-state index in [4.69, 9.17) is 9.47 Å². The van der Waals surface area contributed by atoms with Crippen molar-refractivity contribution >= 4 is 0 Å². The molecule has 2 atom stereocenters. The molecule has 0 bridgehead atoms. The molecule has 1 aromatic carbocycles. The van der Waals surface area contributed by atoms with Crippen molar-refractivity contribution in [3.63, 3.8) is 0 Å². The summed E-state index contributed by atoms with van der Waals surface area (Å²) in [5.74, 6) is 1.06. The van der Waals surface area contributed by atoms with Crippen molar-refractivity contribution in [3.8, 4) is 5.75 Å². The van der Waals surface area contributed by atoms with E-state index in [1.807, 2.05) is 6.07 Å². The highest BCUT2D eigenvalue weighted by Crippen LogP contribution is 2.28. The van der Waals surface area contributed by atoms with Crippen LogP contribution in [-0.4, -0.2) is 55.9 Å². The first-order valence-electron chi connectivity index (χ1n) is 8.02. The molecule has 4 nitrogen and oxygen atoms in total. The number of ether oxygens (including phenoxy) is 2. The van der Waals surface area contributed by atoms with Crippen LogP contribution in [0, 0.1) is 0 Å². The third-order valence-electron chi connectivity index (χ3n) is 4.26. The van der Waals surface area contributed by atoms with E-state index in [1.165, 1.54) is 5.56 Å². The maximum absolute atomic E-state index is 6.08. The second-order valence-electron chi connectivity index (χ2n) is 6.34. The Morgan fingerprint density at radius 1 is 1.33 bits per heavy atom. The molecule has 0 aromatic heterocycles. The largest absolute Gasteiger partial charge is 0.488 e. The number of benzene rings is 1. The van der Waals surface area contributed by atoms with Gasteiger partial charge in [-0.15, -0.1) is 0 Å². The molecule has 2 unspecified atom stereocenters. The Morgan fingerprint density at radius 2 is 2.19 bits per heavy atom. The number of hydrogen-bond donors (Lipinski definition) is 1. The van der Waals surface area contributed by atoms with Crippen molar-refractivity contribution < 1.29 is 9.47 Å². The summed E-state index contributed by atoms with van der Waals surface area (Å²) in [7, 11) is 0. The standard InChI is InChI=1S/C17H26N2O2/c1-13(2)18-10-15-12-20-8-7-19(15)11-16-9-14-5-3-4-6-17(14)21-16/h3-6,13,15-16,18H,7-12H2,1-2H3. The molecular formula is C17H26N2O2. The van der Waals surface area contributed by atoms with Crippen LogP contribution < -0.4 is 10.1 Å². The molecule has 0 spiro atoms. The van der Waals surface area contributed by atoms with Crippen molar-refractivity contribution in [2.75, 3.05) is 32.8 Å². The van der Waals surface area contributed by atoms with E-state index in [0.29, 0.717) is 12.1 Å². The topological polar surface area (TPSA) is 33.7 Å². The lowest BCUT2D eigenvalue weighted by Gasteiger charge is -2.37. The van der Waals surface area contributed by atoms with Crippen LogP contribution in [0.5, 0.6) is 5.75 Å². The number of nitrogens with one attached hydrogen (secondary N) is 1. The van der Waals surface area contributed by atoms with Gasteiger partial charge in [-0.25, -0.2) is 0 Å². The first kappa shape index (κ1) is 14.8. The van der Waals surface area contributed by atoms with Crippen molar-refractivity contribution in [1.82, 2.24) is 10.2 Å². The smallest absolute Gasteiger partial charge is 0.123 e. The minimum atomic E-state index is 0.280.